The Morgan fingerprint density at radius 3 is 2.32 bits per heavy atom. The van der Waals surface area contributed by atoms with Crippen LogP contribution < -0.4 is 10.2 Å². The van der Waals surface area contributed by atoms with Gasteiger partial charge in [-0.15, -0.1) is 0 Å². The molecule has 1 aliphatic heterocycles. The van der Waals surface area contributed by atoms with Gasteiger partial charge in [-0.3, -0.25) is 14.5 Å². The van der Waals surface area contributed by atoms with E-state index in [4.69, 9.17) is 0 Å². The van der Waals surface area contributed by atoms with Gasteiger partial charge in [-0.2, -0.15) is 4.31 Å². The molecule has 1 atom stereocenters. The monoisotopic (exact) mass is 449 g/mol. The summed E-state index contributed by atoms with van der Waals surface area (Å²) in [7, 11) is -3.63. The highest BCUT2D eigenvalue weighted by Crippen LogP contribution is 2.33. The molecule has 2 aliphatic rings. The molecule has 31 heavy (non-hydrogen) atoms. The summed E-state index contributed by atoms with van der Waals surface area (Å²) in [6.45, 7) is 5.19. The lowest BCUT2D eigenvalue weighted by atomic mass is 9.91. The molecule has 3 rings (SSSR count). The van der Waals surface area contributed by atoms with Gasteiger partial charge in [0.25, 0.3) is 0 Å². The van der Waals surface area contributed by atoms with Gasteiger partial charge in [-0.1, -0.05) is 44.2 Å². The van der Waals surface area contributed by atoms with Crippen molar-refractivity contribution < 1.29 is 18.0 Å². The van der Waals surface area contributed by atoms with Crippen LogP contribution in [0.15, 0.2) is 18.2 Å². The van der Waals surface area contributed by atoms with E-state index in [2.05, 4.69) is 5.32 Å². The van der Waals surface area contributed by atoms with E-state index in [0.717, 1.165) is 47.4 Å². The zero-order chi connectivity index (χ0) is 22.8. The van der Waals surface area contributed by atoms with Crippen LogP contribution in [0.2, 0.25) is 0 Å². The number of carbonyl (C=O) groups is 2. The average molecular weight is 450 g/mol. The van der Waals surface area contributed by atoms with Gasteiger partial charge in [0.05, 0.1) is 12.8 Å². The summed E-state index contributed by atoms with van der Waals surface area (Å²) in [5.74, 6) is -0.679. The molecule has 1 aromatic carbocycles. The Labute approximate surface area is 186 Å². The Kier molecular flexibility index (Phi) is 7.11. The maximum atomic E-state index is 13.7. The van der Waals surface area contributed by atoms with E-state index in [1.807, 2.05) is 32.0 Å². The van der Waals surface area contributed by atoms with Gasteiger partial charge >= 0.3 is 0 Å². The number of benzene rings is 1. The second-order valence-corrected chi connectivity index (χ2v) is 11.3. The number of rotatable bonds is 4. The molecule has 1 saturated heterocycles. The van der Waals surface area contributed by atoms with Crippen molar-refractivity contribution in [3.63, 3.8) is 0 Å². The van der Waals surface area contributed by atoms with Gasteiger partial charge in [0.1, 0.15) is 5.54 Å². The van der Waals surface area contributed by atoms with E-state index >= 15 is 0 Å². The molecule has 1 aliphatic carbocycles. The summed E-state index contributed by atoms with van der Waals surface area (Å²) in [6.07, 6.45) is 8.60. The fraction of sp³-hybridized carbons (Fsp3) is 0.652. The van der Waals surface area contributed by atoms with Crippen molar-refractivity contribution >= 4 is 27.5 Å². The zero-order valence-electron chi connectivity index (χ0n) is 19.1. The third-order valence-electron chi connectivity index (χ3n) is 6.54. The van der Waals surface area contributed by atoms with Crippen LogP contribution in [-0.2, 0) is 19.6 Å². The second kappa shape index (κ2) is 9.28. The topological polar surface area (TPSA) is 86.8 Å². The van der Waals surface area contributed by atoms with Gasteiger partial charge in [0.15, 0.2) is 0 Å². The number of sulfonamides is 1. The molecule has 1 heterocycles. The number of amides is 2. The molecule has 0 unspecified atom stereocenters. The van der Waals surface area contributed by atoms with Crippen molar-refractivity contribution in [2.45, 2.75) is 77.3 Å². The van der Waals surface area contributed by atoms with E-state index in [-0.39, 0.29) is 30.9 Å². The minimum absolute atomic E-state index is 0.0498. The maximum absolute atomic E-state index is 13.7. The Hall–Kier alpha value is -1.93. The number of hydrogen-bond donors (Lipinski definition) is 1. The lowest BCUT2D eigenvalue weighted by Gasteiger charge is -2.47. The second-order valence-electron chi connectivity index (χ2n) is 9.34. The van der Waals surface area contributed by atoms with Crippen LogP contribution in [0.25, 0.3) is 0 Å². The highest BCUT2D eigenvalue weighted by Gasteiger charge is 2.50. The first-order valence-electron chi connectivity index (χ1n) is 11.2. The highest BCUT2D eigenvalue weighted by molar-refractivity contribution is 7.88. The third kappa shape index (κ3) is 5.29. The molecule has 0 radical (unpaired) electrons. The van der Waals surface area contributed by atoms with Gasteiger partial charge < -0.3 is 5.32 Å². The molecular weight excluding hydrogens is 414 g/mol. The van der Waals surface area contributed by atoms with Crippen molar-refractivity contribution in [2.24, 2.45) is 0 Å². The van der Waals surface area contributed by atoms with Gasteiger partial charge in [-0.05, 0) is 50.8 Å². The van der Waals surface area contributed by atoms with E-state index in [1.54, 1.807) is 6.92 Å². The molecular formula is C23H35N3O4S. The highest BCUT2D eigenvalue weighted by atomic mass is 32.2. The summed E-state index contributed by atoms with van der Waals surface area (Å²) in [5, 5.41) is 3.17. The van der Waals surface area contributed by atoms with Gasteiger partial charge in [-0.25, -0.2) is 8.42 Å². The molecule has 2 fully saturated rings. The van der Waals surface area contributed by atoms with Crippen LogP contribution in [0.4, 0.5) is 5.69 Å². The molecule has 0 aromatic heterocycles. The van der Waals surface area contributed by atoms with Crippen molar-refractivity contribution in [1.82, 2.24) is 9.62 Å². The Balaban J connectivity index is 1.98. The SMILES string of the molecule is Cc1ccc(C)c(N2C(=O)CN(S(C)(=O)=O)C[C@@]2(C)C(=O)NC2CCCCCCC2)c1. The Morgan fingerprint density at radius 1 is 1.10 bits per heavy atom. The molecule has 1 aromatic rings. The molecule has 172 valence electrons. The van der Waals surface area contributed by atoms with Crippen LogP contribution in [0.3, 0.4) is 0 Å². The first kappa shape index (κ1) is 23.7. The van der Waals surface area contributed by atoms with Crippen LogP contribution in [-0.4, -0.2) is 55.5 Å². The number of nitrogens with one attached hydrogen (secondary N) is 1. The van der Waals surface area contributed by atoms with E-state index in [0.29, 0.717) is 5.69 Å². The normalized spacial score (nSPS) is 24.5. The summed E-state index contributed by atoms with van der Waals surface area (Å²) in [5.41, 5.74) is 1.17. The fourth-order valence-corrected chi connectivity index (χ4v) is 5.51. The van der Waals surface area contributed by atoms with Crippen LogP contribution in [0.1, 0.15) is 63.0 Å². The minimum atomic E-state index is -3.63. The van der Waals surface area contributed by atoms with Crippen LogP contribution >= 0.6 is 0 Å². The smallest absolute Gasteiger partial charge is 0.247 e. The molecule has 0 spiro atoms. The fourth-order valence-electron chi connectivity index (χ4n) is 4.68. The maximum Gasteiger partial charge on any atom is 0.247 e. The summed E-state index contributed by atoms with van der Waals surface area (Å²) < 4.78 is 25.7. The molecule has 2 amide bonds. The molecule has 1 N–H and O–H groups in total. The number of hydrogen-bond acceptors (Lipinski definition) is 4. The summed E-state index contributed by atoms with van der Waals surface area (Å²) in [4.78, 5) is 28.4. The van der Waals surface area contributed by atoms with E-state index in [1.165, 1.54) is 24.2 Å². The van der Waals surface area contributed by atoms with Crippen molar-refractivity contribution in [3.05, 3.63) is 29.3 Å². The third-order valence-corrected chi connectivity index (χ3v) is 7.74. The van der Waals surface area contributed by atoms with Gasteiger partial charge in [0.2, 0.25) is 21.8 Å². The largest absolute Gasteiger partial charge is 0.351 e. The number of anilines is 1. The number of nitrogens with zero attached hydrogens (tertiary/aromatic N) is 2. The summed E-state index contributed by atoms with van der Waals surface area (Å²) in [6, 6.07) is 5.83. The molecule has 1 saturated carbocycles. The summed E-state index contributed by atoms with van der Waals surface area (Å²) >= 11 is 0. The van der Waals surface area contributed by atoms with Gasteiger partial charge in [0, 0.05) is 18.3 Å². The molecule has 8 heteroatoms. The lowest BCUT2D eigenvalue weighted by Crippen LogP contribution is -2.70. The molecule has 7 nitrogen and oxygen atoms in total. The van der Waals surface area contributed by atoms with E-state index < -0.39 is 15.6 Å². The average Bonchev–Trinajstić information content (AvgIpc) is 2.65. The Morgan fingerprint density at radius 2 is 1.71 bits per heavy atom. The van der Waals surface area contributed by atoms with Crippen LogP contribution in [0, 0.1) is 13.8 Å². The standard InChI is InChI=1S/C23H35N3O4S/c1-17-12-13-18(2)20(14-17)26-21(27)15-25(31(4,29)30)16-23(26,3)22(28)24-19-10-8-6-5-7-9-11-19/h12-14,19H,5-11,15-16H2,1-4H3,(H,24,28)/t23-/m0/s1. The number of carbonyl (C=O) groups excluding carboxylic acids is 2. The predicted molar refractivity (Wildman–Crippen MR) is 122 cm³/mol. The first-order valence-corrected chi connectivity index (χ1v) is 13.0. The predicted octanol–water partition coefficient (Wildman–Crippen LogP) is 2.90. The molecule has 0 bridgehead atoms. The van der Waals surface area contributed by atoms with Crippen molar-refractivity contribution in [3.8, 4) is 0 Å². The number of aryl methyl sites for hydroxylation is 2. The van der Waals surface area contributed by atoms with Crippen molar-refractivity contribution in [1.29, 1.82) is 0 Å². The van der Waals surface area contributed by atoms with Crippen molar-refractivity contribution in [2.75, 3.05) is 24.2 Å². The lowest BCUT2D eigenvalue weighted by molar-refractivity contribution is -0.133. The minimum Gasteiger partial charge on any atom is -0.351 e. The first-order chi connectivity index (χ1) is 14.5. The Bertz CT molecular complexity index is 938. The van der Waals surface area contributed by atoms with Crippen LogP contribution in [0.5, 0.6) is 0 Å². The zero-order valence-corrected chi connectivity index (χ0v) is 19.9. The number of piperazine rings is 1. The van der Waals surface area contributed by atoms with E-state index in [9.17, 15) is 18.0 Å². The quantitative estimate of drug-likeness (QED) is 0.766.